The first kappa shape index (κ1) is 46.6. The van der Waals surface area contributed by atoms with Crippen molar-refractivity contribution >= 4 is 35.6 Å². The fourth-order valence-electron chi connectivity index (χ4n) is 4.17. The monoisotopic (exact) mass is 720 g/mol. The molecule has 0 aromatic rings. The number of aliphatic carboxylic acids is 1. The van der Waals surface area contributed by atoms with Gasteiger partial charge in [0, 0.05) is 52.2 Å². The summed E-state index contributed by atoms with van der Waals surface area (Å²) < 4.78 is 26.2. The van der Waals surface area contributed by atoms with Gasteiger partial charge in [0.05, 0.1) is 39.6 Å². The number of hydrogen-bond acceptors (Lipinski definition) is 13. The first-order valence-corrected chi connectivity index (χ1v) is 17.2. The predicted molar refractivity (Wildman–Crippen MR) is 182 cm³/mol. The van der Waals surface area contributed by atoms with E-state index in [2.05, 4.69) is 26.6 Å². The molecular formula is C32H60N6O12. The quantitative estimate of drug-likeness (QED) is 0.0332. The number of unbranched alkanes of at least 4 members (excludes halogenated alkanes) is 1. The Hall–Kier alpha value is -3.42. The predicted octanol–water partition coefficient (Wildman–Crippen LogP) is -1.59. The van der Waals surface area contributed by atoms with Crippen LogP contribution < -0.4 is 26.6 Å². The molecule has 0 unspecified atom stereocenters. The molecule has 50 heavy (non-hydrogen) atoms. The van der Waals surface area contributed by atoms with Gasteiger partial charge in [0.1, 0.15) is 25.3 Å². The maximum atomic E-state index is 13.3. The molecule has 0 heterocycles. The van der Waals surface area contributed by atoms with E-state index in [0.717, 1.165) is 12.8 Å². The lowest BCUT2D eigenvalue weighted by Gasteiger charge is -2.28. The maximum Gasteiger partial charge on any atom is 0.326 e. The Morgan fingerprint density at radius 1 is 0.660 bits per heavy atom. The molecule has 0 saturated carbocycles. The van der Waals surface area contributed by atoms with Crippen LogP contribution in [0.15, 0.2) is 0 Å². The van der Waals surface area contributed by atoms with Crippen molar-refractivity contribution in [2.75, 3.05) is 106 Å². The molecule has 0 aliphatic carbocycles. The van der Waals surface area contributed by atoms with Crippen LogP contribution in [0, 0.1) is 0 Å². The van der Waals surface area contributed by atoms with Crippen molar-refractivity contribution in [1.29, 1.82) is 0 Å². The van der Waals surface area contributed by atoms with Gasteiger partial charge in [-0.2, -0.15) is 0 Å². The summed E-state index contributed by atoms with van der Waals surface area (Å²) in [7, 11) is 3.54. The molecule has 4 amide bonds. The Kier molecular flexibility index (Phi) is 29.4. The average Bonchev–Trinajstić information content (AvgIpc) is 3.08. The van der Waals surface area contributed by atoms with Crippen molar-refractivity contribution in [3.05, 3.63) is 0 Å². The smallest absolute Gasteiger partial charge is 0.326 e. The van der Waals surface area contributed by atoms with Crippen molar-refractivity contribution in [3.8, 4) is 0 Å². The van der Waals surface area contributed by atoms with Crippen LogP contribution in [0.25, 0.3) is 0 Å². The van der Waals surface area contributed by atoms with Gasteiger partial charge in [-0.15, -0.1) is 0 Å². The molecule has 18 nitrogen and oxygen atoms in total. The van der Waals surface area contributed by atoms with Gasteiger partial charge in [-0.1, -0.05) is 13.3 Å². The normalized spacial score (nSPS) is 12.1. The highest BCUT2D eigenvalue weighted by atomic mass is 16.5. The summed E-state index contributed by atoms with van der Waals surface area (Å²) in [5.74, 6) is -3.58. The van der Waals surface area contributed by atoms with Crippen molar-refractivity contribution in [2.45, 2.75) is 64.5 Å². The van der Waals surface area contributed by atoms with Gasteiger partial charge in [-0.3, -0.25) is 24.0 Å². The standard InChI is InChI=1S/C32H60N6O12/c1-5-7-17-46-19-21-48-24-29(41)37-26(32(44)45)8-10-27(39)35-14-18-47-20-22-49-23-28(40)36-25(9-11-30(42)50-6-2)31(43)38(15-12-33-3)16-13-34-4/h25-26,33-34H,5-24H2,1-4H3,(H,35,39)(H,36,40)(H,37,41)(H,44,45)/t25-,26-/m0/s1. The third-order valence-electron chi connectivity index (χ3n) is 6.87. The van der Waals surface area contributed by atoms with Crippen LogP contribution in [-0.2, 0) is 52.5 Å². The summed E-state index contributed by atoms with van der Waals surface area (Å²) in [6.45, 7) is 6.87. The van der Waals surface area contributed by atoms with E-state index < -0.39 is 41.7 Å². The number of nitrogens with zero attached hydrogens (tertiary/aromatic N) is 1. The minimum atomic E-state index is -1.26. The maximum absolute atomic E-state index is 13.3. The van der Waals surface area contributed by atoms with Crippen LogP contribution in [0.3, 0.4) is 0 Å². The zero-order valence-electron chi connectivity index (χ0n) is 30.2. The van der Waals surface area contributed by atoms with Crippen molar-refractivity contribution in [3.63, 3.8) is 0 Å². The lowest BCUT2D eigenvalue weighted by Crippen LogP contribution is -2.52. The zero-order valence-corrected chi connectivity index (χ0v) is 30.2. The van der Waals surface area contributed by atoms with E-state index in [-0.39, 0.29) is 84.4 Å². The van der Waals surface area contributed by atoms with E-state index in [1.165, 1.54) is 0 Å². The van der Waals surface area contributed by atoms with E-state index in [1.807, 2.05) is 6.92 Å². The Balaban J connectivity index is 4.41. The van der Waals surface area contributed by atoms with Gasteiger partial charge in [-0.25, -0.2) is 4.79 Å². The van der Waals surface area contributed by atoms with Crippen LogP contribution in [-0.4, -0.2) is 164 Å². The molecule has 0 aliphatic rings. The molecule has 0 aromatic carbocycles. The second kappa shape index (κ2) is 31.6. The van der Waals surface area contributed by atoms with E-state index in [9.17, 15) is 33.9 Å². The number of ether oxygens (including phenoxy) is 5. The molecule has 0 spiro atoms. The average molecular weight is 721 g/mol. The Bertz CT molecular complexity index is 966. The van der Waals surface area contributed by atoms with Gasteiger partial charge < -0.3 is 60.3 Å². The Morgan fingerprint density at radius 2 is 1.20 bits per heavy atom. The van der Waals surface area contributed by atoms with Crippen LogP contribution in [0.4, 0.5) is 0 Å². The summed E-state index contributed by atoms with van der Waals surface area (Å²) in [4.78, 5) is 75.1. The molecule has 6 N–H and O–H groups in total. The number of amides is 4. The molecule has 2 atom stereocenters. The highest BCUT2D eigenvalue weighted by molar-refractivity contribution is 5.88. The van der Waals surface area contributed by atoms with Crippen molar-refractivity contribution < 1.29 is 57.6 Å². The molecular weight excluding hydrogens is 660 g/mol. The number of carboxylic acids is 1. The van der Waals surface area contributed by atoms with Crippen LogP contribution >= 0.6 is 0 Å². The molecule has 0 aromatic heterocycles. The van der Waals surface area contributed by atoms with Gasteiger partial charge in [0.2, 0.25) is 23.6 Å². The number of hydrogen-bond donors (Lipinski definition) is 6. The van der Waals surface area contributed by atoms with E-state index >= 15 is 0 Å². The molecule has 0 fully saturated rings. The number of rotatable bonds is 33. The second-order valence-electron chi connectivity index (χ2n) is 11.0. The van der Waals surface area contributed by atoms with Gasteiger partial charge in [-0.05, 0) is 40.3 Å². The van der Waals surface area contributed by atoms with Crippen LogP contribution in [0.1, 0.15) is 52.4 Å². The zero-order chi connectivity index (χ0) is 37.4. The third kappa shape index (κ3) is 25.5. The minimum Gasteiger partial charge on any atom is -0.480 e. The highest BCUT2D eigenvalue weighted by Gasteiger charge is 2.27. The molecule has 18 heteroatoms. The summed E-state index contributed by atoms with van der Waals surface area (Å²) >= 11 is 0. The fourth-order valence-corrected chi connectivity index (χ4v) is 4.17. The number of esters is 1. The molecule has 0 aliphatic heterocycles. The largest absolute Gasteiger partial charge is 0.480 e. The molecule has 0 saturated heterocycles. The third-order valence-corrected chi connectivity index (χ3v) is 6.87. The van der Waals surface area contributed by atoms with E-state index in [1.54, 1.807) is 25.9 Å². The van der Waals surface area contributed by atoms with Crippen molar-refractivity contribution in [1.82, 2.24) is 31.5 Å². The lowest BCUT2D eigenvalue weighted by molar-refractivity contribution is -0.144. The number of likely N-dealkylation sites (N-methyl/N-ethyl adjacent to an activating group) is 2. The van der Waals surface area contributed by atoms with Crippen LogP contribution in [0.2, 0.25) is 0 Å². The molecule has 0 bridgehead atoms. The fraction of sp³-hybridized carbons (Fsp3) is 0.812. The Labute approximate surface area is 295 Å². The summed E-state index contributed by atoms with van der Waals surface area (Å²) in [5.41, 5.74) is 0. The highest BCUT2D eigenvalue weighted by Crippen LogP contribution is 2.05. The topological polar surface area (TPSA) is 232 Å². The van der Waals surface area contributed by atoms with Gasteiger partial charge >= 0.3 is 11.9 Å². The Morgan fingerprint density at radius 3 is 1.74 bits per heavy atom. The second-order valence-corrected chi connectivity index (χ2v) is 11.0. The SMILES string of the molecule is CCCCOCCOCC(=O)N[C@@H](CCC(=O)NCCOCCOCC(=O)N[C@@H](CCC(=O)OCC)C(=O)N(CCNC)CCNC)C(=O)O. The first-order chi connectivity index (χ1) is 24.1. The molecule has 0 rings (SSSR count). The minimum absolute atomic E-state index is 0.0380. The van der Waals surface area contributed by atoms with Crippen molar-refractivity contribution in [2.24, 2.45) is 0 Å². The van der Waals surface area contributed by atoms with Gasteiger partial charge in [0.25, 0.3) is 0 Å². The number of carbonyl (C=O) groups is 6. The summed E-state index contributed by atoms with van der Waals surface area (Å²) in [5, 5.41) is 23.0. The summed E-state index contributed by atoms with van der Waals surface area (Å²) in [6.07, 6.45) is 1.74. The molecule has 290 valence electrons. The van der Waals surface area contributed by atoms with E-state index in [0.29, 0.717) is 39.4 Å². The number of nitrogens with one attached hydrogen (secondary N) is 5. The molecule has 0 radical (unpaired) electrons. The number of carbonyl (C=O) groups excluding carboxylic acids is 5. The number of carboxylic acid groups (broad SMARTS) is 1. The lowest BCUT2D eigenvalue weighted by atomic mass is 10.1. The summed E-state index contributed by atoms with van der Waals surface area (Å²) in [6, 6.07) is -2.18. The van der Waals surface area contributed by atoms with Crippen LogP contribution in [0.5, 0.6) is 0 Å². The first-order valence-electron chi connectivity index (χ1n) is 17.2. The van der Waals surface area contributed by atoms with E-state index in [4.69, 9.17) is 23.7 Å². The van der Waals surface area contributed by atoms with Gasteiger partial charge in [0.15, 0.2) is 0 Å².